The van der Waals surface area contributed by atoms with Crippen LogP contribution in [-0.2, 0) is 11.8 Å². The van der Waals surface area contributed by atoms with Gasteiger partial charge in [0.1, 0.15) is 0 Å². The van der Waals surface area contributed by atoms with Gasteiger partial charge in [0, 0.05) is 10.9 Å². The fraction of sp³-hybridized carbons (Fsp3) is 0.333. The van der Waals surface area contributed by atoms with Gasteiger partial charge in [0.25, 0.3) is 0 Å². The molecule has 0 aromatic heterocycles. The highest BCUT2D eigenvalue weighted by Gasteiger charge is 2.21. The topological polar surface area (TPSA) is 20.2 Å². The van der Waals surface area contributed by atoms with Crippen molar-refractivity contribution in [1.82, 2.24) is 0 Å². The Kier molecular flexibility index (Phi) is 4.66. The van der Waals surface area contributed by atoms with E-state index in [0.717, 1.165) is 15.6 Å². The molecule has 0 aliphatic heterocycles. The first-order valence-corrected chi connectivity index (χ1v) is 7.69. The largest absolute Gasteiger partial charge is 0.388 e. The van der Waals surface area contributed by atoms with E-state index in [1.54, 1.807) is 0 Å². The fourth-order valence-electron chi connectivity index (χ4n) is 2.47. The van der Waals surface area contributed by atoms with E-state index in [2.05, 4.69) is 48.8 Å². The predicted molar refractivity (Wildman–Crippen MR) is 87.9 cm³/mol. The quantitative estimate of drug-likeness (QED) is 0.836. The molecule has 0 bridgehead atoms. The van der Waals surface area contributed by atoms with Crippen molar-refractivity contribution in [3.05, 3.63) is 69.7 Å². The molecule has 0 fully saturated rings. The van der Waals surface area contributed by atoms with Gasteiger partial charge < -0.3 is 5.11 Å². The number of rotatable bonds is 3. The van der Waals surface area contributed by atoms with E-state index in [1.807, 2.05) is 36.4 Å². The van der Waals surface area contributed by atoms with Crippen molar-refractivity contribution in [2.75, 3.05) is 0 Å². The van der Waals surface area contributed by atoms with Gasteiger partial charge >= 0.3 is 0 Å². The summed E-state index contributed by atoms with van der Waals surface area (Å²) in [5.74, 6) is 0. The van der Waals surface area contributed by atoms with Crippen molar-refractivity contribution in [1.29, 1.82) is 0 Å². The number of aliphatic hydroxyl groups is 1. The van der Waals surface area contributed by atoms with Gasteiger partial charge in [-0.3, -0.25) is 0 Å². The van der Waals surface area contributed by atoms with Crippen molar-refractivity contribution in [3.8, 4) is 0 Å². The second kappa shape index (κ2) is 6.11. The molecule has 106 valence electrons. The van der Waals surface area contributed by atoms with Crippen LogP contribution in [0.2, 0.25) is 0 Å². The van der Waals surface area contributed by atoms with E-state index in [1.165, 1.54) is 5.56 Å². The second-order valence-corrected chi connectivity index (χ2v) is 7.10. The summed E-state index contributed by atoms with van der Waals surface area (Å²) < 4.78 is 1.05. The average Bonchev–Trinajstić information content (AvgIpc) is 2.37. The van der Waals surface area contributed by atoms with E-state index in [4.69, 9.17) is 0 Å². The zero-order valence-corrected chi connectivity index (χ0v) is 13.8. The Morgan fingerprint density at radius 3 is 2.40 bits per heavy atom. The van der Waals surface area contributed by atoms with Crippen molar-refractivity contribution >= 4 is 15.9 Å². The molecule has 1 nitrogen and oxygen atoms in total. The lowest BCUT2D eigenvalue weighted by Crippen LogP contribution is -2.16. The van der Waals surface area contributed by atoms with E-state index in [-0.39, 0.29) is 5.41 Å². The number of benzene rings is 2. The minimum atomic E-state index is -0.472. The Bertz CT molecular complexity index is 584. The molecule has 0 amide bonds. The minimum Gasteiger partial charge on any atom is -0.388 e. The molecule has 1 N–H and O–H groups in total. The second-order valence-electron chi connectivity index (χ2n) is 6.19. The number of aliphatic hydroxyl groups excluding tert-OH is 1. The van der Waals surface area contributed by atoms with Crippen LogP contribution in [0.15, 0.2) is 53.0 Å². The summed E-state index contributed by atoms with van der Waals surface area (Å²) in [4.78, 5) is 0. The van der Waals surface area contributed by atoms with Gasteiger partial charge in [0.2, 0.25) is 0 Å². The molecule has 2 aromatic rings. The number of hydrogen-bond donors (Lipinski definition) is 1. The lowest BCUT2D eigenvalue weighted by molar-refractivity contribution is 0.176. The maximum atomic E-state index is 10.6. The zero-order valence-electron chi connectivity index (χ0n) is 12.2. The SMILES string of the molecule is CC(C)(C)c1ccccc1C(O)Cc1cccc(Br)c1. The van der Waals surface area contributed by atoms with E-state index < -0.39 is 6.10 Å². The van der Waals surface area contributed by atoms with Crippen LogP contribution in [-0.4, -0.2) is 5.11 Å². The summed E-state index contributed by atoms with van der Waals surface area (Å²) >= 11 is 3.47. The van der Waals surface area contributed by atoms with Crippen molar-refractivity contribution in [3.63, 3.8) is 0 Å². The van der Waals surface area contributed by atoms with Crippen LogP contribution in [0.5, 0.6) is 0 Å². The Balaban J connectivity index is 2.28. The smallest absolute Gasteiger partial charge is 0.0833 e. The van der Waals surface area contributed by atoms with Gasteiger partial charge in [0.15, 0.2) is 0 Å². The molecule has 20 heavy (non-hydrogen) atoms. The lowest BCUT2D eigenvalue weighted by atomic mass is 9.81. The summed E-state index contributed by atoms with van der Waals surface area (Å²) in [6.07, 6.45) is 0.159. The zero-order chi connectivity index (χ0) is 14.8. The highest BCUT2D eigenvalue weighted by Crippen LogP contribution is 2.31. The molecule has 0 radical (unpaired) electrons. The molecule has 0 spiro atoms. The van der Waals surface area contributed by atoms with Crippen LogP contribution in [0.25, 0.3) is 0 Å². The first kappa shape index (κ1) is 15.3. The molecule has 0 heterocycles. The van der Waals surface area contributed by atoms with Crippen molar-refractivity contribution < 1.29 is 5.11 Å². The first-order valence-electron chi connectivity index (χ1n) is 6.90. The molecule has 1 unspecified atom stereocenters. The monoisotopic (exact) mass is 332 g/mol. The van der Waals surface area contributed by atoms with Gasteiger partial charge in [-0.05, 0) is 34.2 Å². The Labute approximate surface area is 129 Å². The van der Waals surface area contributed by atoms with E-state index in [9.17, 15) is 5.11 Å². The van der Waals surface area contributed by atoms with E-state index >= 15 is 0 Å². The molecule has 0 saturated heterocycles. The summed E-state index contributed by atoms with van der Waals surface area (Å²) in [7, 11) is 0. The third-order valence-electron chi connectivity index (χ3n) is 3.45. The van der Waals surface area contributed by atoms with Gasteiger partial charge in [-0.25, -0.2) is 0 Å². The van der Waals surface area contributed by atoms with Crippen LogP contribution >= 0.6 is 15.9 Å². The number of hydrogen-bond acceptors (Lipinski definition) is 1. The highest BCUT2D eigenvalue weighted by atomic mass is 79.9. The fourth-order valence-corrected chi connectivity index (χ4v) is 2.91. The summed E-state index contributed by atoms with van der Waals surface area (Å²) in [5, 5.41) is 10.6. The van der Waals surface area contributed by atoms with Crippen LogP contribution in [0.4, 0.5) is 0 Å². The Morgan fingerprint density at radius 1 is 1.05 bits per heavy atom. The van der Waals surface area contributed by atoms with Crippen molar-refractivity contribution in [2.24, 2.45) is 0 Å². The molecular weight excluding hydrogens is 312 g/mol. The van der Waals surface area contributed by atoms with Crippen LogP contribution in [0.3, 0.4) is 0 Å². The lowest BCUT2D eigenvalue weighted by Gasteiger charge is -2.25. The standard InChI is InChI=1S/C18H21BrO/c1-18(2,3)16-10-5-4-9-15(16)17(20)12-13-7-6-8-14(19)11-13/h4-11,17,20H,12H2,1-3H3. The summed E-state index contributed by atoms with van der Waals surface area (Å²) in [6, 6.07) is 16.3. The summed E-state index contributed by atoms with van der Waals surface area (Å²) in [5.41, 5.74) is 3.41. The predicted octanol–water partition coefficient (Wildman–Crippen LogP) is 5.02. The maximum Gasteiger partial charge on any atom is 0.0833 e. The first-order chi connectivity index (χ1) is 9.38. The molecule has 2 aromatic carbocycles. The van der Waals surface area contributed by atoms with Crippen LogP contribution in [0.1, 0.15) is 43.6 Å². The summed E-state index contributed by atoms with van der Waals surface area (Å²) in [6.45, 7) is 6.53. The third kappa shape index (κ3) is 3.71. The highest BCUT2D eigenvalue weighted by molar-refractivity contribution is 9.10. The van der Waals surface area contributed by atoms with Crippen molar-refractivity contribution in [2.45, 2.75) is 38.7 Å². The average molecular weight is 333 g/mol. The van der Waals surface area contributed by atoms with Crippen LogP contribution < -0.4 is 0 Å². The Hall–Kier alpha value is -1.12. The number of halogens is 1. The molecule has 2 rings (SSSR count). The maximum absolute atomic E-state index is 10.6. The molecule has 0 aliphatic rings. The van der Waals surface area contributed by atoms with E-state index in [0.29, 0.717) is 6.42 Å². The normalized spacial score (nSPS) is 13.2. The van der Waals surface area contributed by atoms with Gasteiger partial charge in [-0.15, -0.1) is 0 Å². The van der Waals surface area contributed by atoms with Crippen LogP contribution in [0, 0.1) is 0 Å². The molecule has 1 atom stereocenters. The van der Waals surface area contributed by atoms with Gasteiger partial charge in [-0.2, -0.15) is 0 Å². The minimum absolute atomic E-state index is 0.0366. The third-order valence-corrected chi connectivity index (χ3v) is 3.94. The molecule has 2 heteroatoms. The van der Waals surface area contributed by atoms with Gasteiger partial charge in [-0.1, -0.05) is 73.1 Å². The van der Waals surface area contributed by atoms with Gasteiger partial charge in [0.05, 0.1) is 6.10 Å². The Morgan fingerprint density at radius 2 is 1.75 bits per heavy atom. The molecule has 0 aliphatic carbocycles. The molecule has 0 saturated carbocycles. The molecular formula is C18H21BrO.